The van der Waals surface area contributed by atoms with Crippen LogP contribution in [0.5, 0.6) is 11.6 Å². The number of nitriles is 1. The Hall–Kier alpha value is -2.78. The molecule has 3 aliphatic heterocycles. The normalized spacial score (nSPS) is 26.9. The third-order valence-electron chi connectivity index (χ3n) is 5.60. The first-order valence-electron chi connectivity index (χ1n) is 9.06. The van der Waals surface area contributed by atoms with E-state index in [-0.39, 0.29) is 11.9 Å². The zero-order chi connectivity index (χ0) is 18.1. The maximum Gasteiger partial charge on any atom is 0.251 e. The third kappa shape index (κ3) is 3.18. The standard InChI is InChI=1S/C20H22N4O2/c1-13-19(14-8-10-24(13)11-9-14)23-20(25)15-2-5-17(6-3-15)26-18-7-4-16(12-21)22-18/h2-7,13-14,19,22H,8-11H2,1H3,(H,23,25). The van der Waals surface area contributed by atoms with Crippen LogP contribution in [0.3, 0.4) is 0 Å². The third-order valence-corrected chi connectivity index (χ3v) is 5.60. The van der Waals surface area contributed by atoms with Gasteiger partial charge in [-0.3, -0.25) is 9.69 Å². The highest BCUT2D eigenvalue weighted by atomic mass is 16.5. The second-order valence-electron chi connectivity index (χ2n) is 7.09. The summed E-state index contributed by atoms with van der Waals surface area (Å²) in [6, 6.07) is 13.1. The average Bonchev–Trinajstić information content (AvgIpc) is 3.13. The number of hydrogen-bond acceptors (Lipinski definition) is 4. The van der Waals surface area contributed by atoms with Gasteiger partial charge in [0, 0.05) is 23.7 Å². The monoisotopic (exact) mass is 350 g/mol. The van der Waals surface area contributed by atoms with E-state index >= 15 is 0 Å². The molecular formula is C20H22N4O2. The number of fused-ring (bicyclic) bond motifs is 3. The molecule has 3 aliphatic rings. The molecule has 5 rings (SSSR count). The predicted molar refractivity (Wildman–Crippen MR) is 97.0 cm³/mol. The number of H-pyrrole nitrogens is 1. The highest BCUT2D eigenvalue weighted by molar-refractivity contribution is 5.94. The maximum absolute atomic E-state index is 12.6. The number of carbonyl (C=O) groups excluding carboxylic acids is 1. The van der Waals surface area contributed by atoms with E-state index in [4.69, 9.17) is 10.00 Å². The molecule has 2 N–H and O–H groups in total. The van der Waals surface area contributed by atoms with Gasteiger partial charge < -0.3 is 15.0 Å². The minimum atomic E-state index is -0.0335. The molecule has 0 spiro atoms. The van der Waals surface area contributed by atoms with Crippen LogP contribution in [0.25, 0.3) is 0 Å². The Kier molecular flexibility index (Phi) is 4.39. The van der Waals surface area contributed by atoms with E-state index in [0.717, 1.165) is 13.1 Å². The topological polar surface area (TPSA) is 81.1 Å². The van der Waals surface area contributed by atoms with Gasteiger partial charge in [-0.15, -0.1) is 0 Å². The van der Waals surface area contributed by atoms with Gasteiger partial charge in [0.25, 0.3) is 5.91 Å². The Morgan fingerprint density at radius 2 is 1.96 bits per heavy atom. The zero-order valence-electron chi connectivity index (χ0n) is 14.7. The fraction of sp³-hybridized carbons (Fsp3) is 0.400. The summed E-state index contributed by atoms with van der Waals surface area (Å²) < 4.78 is 5.66. The molecule has 0 aliphatic carbocycles. The number of nitrogens with zero attached hydrogens (tertiary/aromatic N) is 2. The molecule has 26 heavy (non-hydrogen) atoms. The lowest BCUT2D eigenvalue weighted by atomic mass is 9.79. The number of nitrogens with one attached hydrogen (secondary N) is 2. The first-order chi connectivity index (χ1) is 12.6. The van der Waals surface area contributed by atoms with E-state index < -0.39 is 0 Å². The predicted octanol–water partition coefficient (Wildman–Crippen LogP) is 2.89. The van der Waals surface area contributed by atoms with Gasteiger partial charge in [0.2, 0.25) is 0 Å². The lowest BCUT2D eigenvalue weighted by Crippen LogP contribution is -2.62. The van der Waals surface area contributed by atoms with Gasteiger partial charge in [0.15, 0.2) is 5.88 Å². The van der Waals surface area contributed by atoms with Crippen molar-refractivity contribution < 1.29 is 9.53 Å². The molecule has 134 valence electrons. The van der Waals surface area contributed by atoms with Crippen LogP contribution < -0.4 is 10.1 Å². The second kappa shape index (κ2) is 6.85. The molecule has 1 aromatic carbocycles. The summed E-state index contributed by atoms with van der Waals surface area (Å²) in [5.41, 5.74) is 1.08. The molecule has 1 amide bonds. The molecule has 2 unspecified atom stereocenters. The number of piperidine rings is 3. The van der Waals surface area contributed by atoms with Gasteiger partial charge >= 0.3 is 0 Å². The molecular weight excluding hydrogens is 328 g/mol. The SMILES string of the molecule is CC1C(NC(=O)c2ccc(Oc3ccc(C#N)[nH]3)cc2)C2CCN1CC2. The van der Waals surface area contributed by atoms with Crippen molar-refractivity contribution in [3.63, 3.8) is 0 Å². The van der Waals surface area contributed by atoms with Crippen molar-refractivity contribution >= 4 is 5.91 Å². The van der Waals surface area contributed by atoms with E-state index in [2.05, 4.69) is 22.1 Å². The van der Waals surface area contributed by atoms with Crippen LogP contribution in [-0.4, -0.2) is 41.0 Å². The summed E-state index contributed by atoms with van der Waals surface area (Å²) in [6.07, 6.45) is 2.34. The van der Waals surface area contributed by atoms with Gasteiger partial charge in [-0.1, -0.05) is 0 Å². The average molecular weight is 350 g/mol. The molecule has 1 aromatic heterocycles. The first kappa shape index (κ1) is 16.7. The van der Waals surface area contributed by atoms with Crippen LogP contribution in [0.4, 0.5) is 0 Å². The molecule has 2 bridgehead atoms. The molecule has 4 heterocycles. The van der Waals surface area contributed by atoms with E-state index in [1.54, 1.807) is 36.4 Å². The van der Waals surface area contributed by atoms with Crippen LogP contribution in [0.2, 0.25) is 0 Å². The summed E-state index contributed by atoms with van der Waals surface area (Å²) in [5, 5.41) is 12.1. The van der Waals surface area contributed by atoms with Crippen molar-refractivity contribution in [2.24, 2.45) is 5.92 Å². The Bertz CT molecular complexity index is 826. The summed E-state index contributed by atoms with van der Waals surface area (Å²) >= 11 is 0. The Balaban J connectivity index is 1.40. The number of aromatic nitrogens is 1. The van der Waals surface area contributed by atoms with Crippen molar-refractivity contribution in [3.05, 3.63) is 47.7 Å². The molecule has 6 heteroatoms. The molecule has 3 fully saturated rings. The van der Waals surface area contributed by atoms with Gasteiger partial charge in [0.05, 0.1) is 0 Å². The van der Waals surface area contributed by atoms with E-state index in [1.165, 1.54) is 12.8 Å². The van der Waals surface area contributed by atoms with Gasteiger partial charge in [0.1, 0.15) is 17.5 Å². The Morgan fingerprint density at radius 3 is 2.58 bits per heavy atom. The molecule has 3 saturated heterocycles. The number of hydrogen-bond donors (Lipinski definition) is 2. The highest BCUT2D eigenvalue weighted by Gasteiger charge is 2.40. The van der Waals surface area contributed by atoms with Gasteiger partial charge in [-0.05, 0) is 69.1 Å². The van der Waals surface area contributed by atoms with Gasteiger partial charge in [-0.25, -0.2) is 0 Å². The summed E-state index contributed by atoms with van der Waals surface area (Å²) in [4.78, 5) is 18.0. The lowest BCUT2D eigenvalue weighted by Gasteiger charge is -2.49. The summed E-state index contributed by atoms with van der Waals surface area (Å²) in [5.74, 6) is 1.67. The Labute approximate surface area is 152 Å². The zero-order valence-corrected chi connectivity index (χ0v) is 14.7. The minimum Gasteiger partial charge on any atom is -0.441 e. The van der Waals surface area contributed by atoms with Crippen LogP contribution in [0.15, 0.2) is 36.4 Å². The van der Waals surface area contributed by atoms with Crippen LogP contribution in [0, 0.1) is 17.2 Å². The van der Waals surface area contributed by atoms with Crippen molar-refractivity contribution in [1.29, 1.82) is 5.26 Å². The van der Waals surface area contributed by atoms with E-state index in [1.807, 2.05) is 6.07 Å². The number of ether oxygens (including phenoxy) is 1. The van der Waals surface area contributed by atoms with Crippen LogP contribution >= 0.6 is 0 Å². The molecule has 2 atom stereocenters. The minimum absolute atomic E-state index is 0.0335. The molecule has 2 aromatic rings. The molecule has 0 radical (unpaired) electrons. The summed E-state index contributed by atoms with van der Waals surface area (Å²) in [7, 11) is 0. The van der Waals surface area contributed by atoms with Crippen molar-refractivity contribution in [2.75, 3.05) is 13.1 Å². The maximum atomic E-state index is 12.6. The summed E-state index contributed by atoms with van der Waals surface area (Å²) in [6.45, 7) is 4.51. The van der Waals surface area contributed by atoms with Crippen molar-refractivity contribution in [1.82, 2.24) is 15.2 Å². The van der Waals surface area contributed by atoms with Crippen molar-refractivity contribution in [3.8, 4) is 17.7 Å². The fourth-order valence-electron chi connectivity index (χ4n) is 4.08. The number of carbonyl (C=O) groups is 1. The Morgan fingerprint density at radius 1 is 1.23 bits per heavy atom. The first-order valence-corrected chi connectivity index (χ1v) is 9.06. The van der Waals surface area contributed by atoms with Crippen LogP contribution in [0.1, 0.15) is 35.8 Å². The van der Waals surface area contributed by atoms with Gasteiger partial charge in [-0.2, -0.15) is 5.26 Å². The number of aromatic amines is 1. The van der Waals surface area contributed by atoms with Crippen molar-refractivity contribution in [2.45, 2.75) is 31.8 Å². The molecule has 6 nitrogen and oxygen atoms in total. The largest absolute Gasteiger partial charge is 0.441 e. The molecule has 0 saturated carbocycles. The quantitative estimate of drug-likeness (QED) is 0.888. The van der Waals surface area contributed by atoms with Crippen LogP contribution in [-0.2, 0) is 0 Å². The number of rotatable bonds is 4. The van der Waals surface area contributed by atoms with E-state index in [9.17, 15) is 4.79 Å². The highest BCUT2D eigenvalue weighted by Crippen LogP contribution is 2.32. The second-order valence-corrected chi connectivity index (χ2v) is 7.09. The van der Waals surface area contributed by atoms with E-state index in [0.29, 0.717) is 34.8 Å². The smallest absolute Gasteiger partial charge is 0.251 e. The fourth-order valence-corrected chi connectivity index (χ4v) is 4.08. The number of benzene rings is 1. The number of amides is 1. The lowest BCUT2D eigenvalue weighted by molar-refractivity contribution is 0.0217.